The van der Waals surface area contributed by atoms with Crippen molar-refractivity contribution in [1.82, 2.24) is 4.98 Å². The first-order valence-electron chi connectivity index (χ1n) is 6.87. The van der Waals surface area contributed by atoms with Gasteiger partial charge in [-0.15, -0.1) is 23.5 Å². The Morgan fingerprint density at radius 2 is 1.70 bits per heavy atom. The van der Waals surface area contributed by atoms with Crippen LogP contribution in [0.15, 0.2) is 59.0 Å². The molecule has 2 aromatic rings. The monoisotopic (exact) mass is 299 g/mol. The fourth-order valence-electron chi connectivity index (χ4n) is 2.21. The molecule has 1 aromatic carbocycles. The summed E-state index contributed by atoms with van der Waals surface area (Å²) >= 11 is 3.98. The van der Waals surface area contributed by atoms with E-state index < -0.39 is 0 Å². The summed E-state index contributed by atoms with van der Waals surface area (Å²) in [7, 11) is 0. The molecule has 3 heteroatoms. The Labute approximate surface area is 128 Å². The largest absolute Gasteiger partial charge is 0.257 e. The summed E-state index contributed by atoms with van der Waals surface area (Å²) in [5, 5.41) is 0. The van der Waals surface area contributed by atoms with Gasteiger partial charge in [-0.2, -0.15) is 0 Å². The zero-order chi connectivity index (χ0) is 13.6. The minimum absolute atomic E-state index is 0.965. The molecule has 0 atom stereocenters. The van der Waals surface area contributed by atoms with E-state index in [1.165, 1.54) is 33.3 Å². The molecule has 1 aliphatic rings. The van der Waals surface area contributed by atoms with Gasteiger partial charge in [-0.25, -0.2) is 0 Å². The van der Waals surface area contributed by atoms with E-state index >= 15 is 0 Å². The van der Waals surface area contributed by atoms with Gasteiger partial charge in [0.05, 0.1) is 5.69 Å². The van der Waals surface area contributed by atoms with Gasteiger partial charge in [0.15, 0.2) is 0 Å². The minimum atomic E-state index is 0.965. The molecule has 2 heterocycles. The van der Waals surface area contributed by atoms with Crippen LogP contribution in [0.1, 0.15) is 17.7 Å². The van der Waals surface area contributed by atoms with E-state index in [1.807, 2.05) is 35.8 Å². The van der Waals surface area contributed by atoms with Gasteiger partial charge in [-0.1, -0.05) is 36.4 Å². The van der Waals surface area contributed by atoms with Crippen LogP contribution in [0.3, 0.4) is 0 Å². The lowest BCUT2D eigenvalue weighted by Gasteiger charge is -2.18. The van der Waals surface area contributed by atoms with Crippen molar-refractivity contribution >= 4 is 29.1 Å². The van der Waals surface area contributed by atoms with Gasteiger partial charge >= 0.3 is 0 Å². The quantitative estimate of drug-likeness (QED) is 0.803. The van der Waals surface area contributed by atoms with Gasteiger partial charge < -0.3 is 0 Å². The summed E-state index contributed by atoms with van der Waals surface area (Å²) in [4.78, 5) is 4.57. The van der Waals surface area contributed by atoms with E-state index in [0.29, 0.717) is 0 Å². The Bertz CT molecular complexity index is 570. The Balaban J connectivity index is 1.95. The van der Waals surface area contributed by atoms with Crippen LogP contribution >= 0.6 is 23.5 Å². The zero-order valence-corrected chi connectivity index (χ0v) is 12.9. The van der Waals surface area contributed by atoms with Gasteiger partial charge in [0.25, 0.3) is 0 Å². The first-order chi connectivity index (χ1) is 9.93. The van der Waals surface area contributed by atoms with Crippen LogP contribution in [0.4, 0.5) is 0 Å². The molecule has 0 unspecified atom stereocenters. The highest BCUT2D eigenvalue weighted by molar-refractivity contribution is 8.23. The first kappa shape index (κ1) is 13.8. The number of thioether (sulfide) groups is 2. The summed E-state index contributed by atoms with van der Waals surface area (Å²) in [6.45, 7) is 0. The van der Waals surface area contributed by atoms with Crippen LogP contribution in [0.5, 0.6) is 0 Å². The third-order valence-electron chi connectivity index (χ3n) is 3.20. The molecule has 1 aromatic heterocycles. The van der Waals surface area contributed by atoms with Crippen molar-refractivity contribution in [3.63, 3.8) is 0 Å². The molecule has 20 heavy (non-hydrogen) atoms. The average molecular weight is 299 g/mol. The van der Waals surface area contributed by atoms with Crippen molar-refractivity contribution in [2.24, 2.45) is 0 Å². The molecule has 102 valence electrons. The van der Waals surface area contributed by atoms with Crippen molar-refractivity contribution < 1.29 is 0 Å². The van der Waals surface area contributed by atoms with E-state index in [9.17, 15) is 0 Å². The molecule has 1 saturated heterocycles. The van der Waals surface area contributed by atoms with E-state index in [1.54, 1.807) is 0 Å². The van der Waals surface area contributed by atoms with Gasteiger partial charge in [-0.05, 0) is 35.6 Å². The molecule has 1 nitrogen and oxygen atoms in total. The van der Waals surface area contributed by atoms with Gasteiger partial charge in [0.1, 0.15) is 0 Å². The summed E-state index contributed by atoms with van der Waals surface area (Å²) in [5.41, 5.74) is 3.85. The standard InChI is InChI=1S/C17H17NS2/c1-2-7-14(8-3-1)13-15(16-9-4-5-10-18-16)17-19-11-6-12-20-17/h1-5,7-10H,6,11-13H2. The highest BCUT2D eigenvalue weighted by Crippen LogP contribution is 2.41. The van der Waals surface area contributed by atoms with E-state index in [4.69, 9.17) is 0 Å². The molecular formula is C17H17NS2. The molecule has 0 saturated carbocycles. The molecule has 0 bridgehead atoms. The fraction of sp³-hybridized carbons (Fsp3) is 0.235. The molecule has 1 aliphatic heterocycles. The number of nitrogens with zero attached hydrogens (tertiary/aromatic N) is 1. The lowest BCUT2D eigenvalue weighted by atomic mass is 10.0. The molecule has 0 amide bonds. The second-order valence-corrected chi connectivity index (χ2v) is 7.16. The predicted octanol–water partition coefficient (Wildman–Crippen LogP) is 4.86. The molecule has 0 radical (unpaired) electrons. The molecule has 0 aliphatic carbocycles. The molecule has 0 N–H and O–H groups in total. The second kappa shape index (κ2) is 7.00. The maximum absolute atomic E-state index is 4.57. The number of aromatic nitrogens is 1. The van der Waals surface area contributed by atoms with Crippen LogP contribution in [0, 0.1) is 0 Å². The lowest BCUT2D eigenvalue weighted by molar-refractivity contribution is 1.12. The summed E-state index contributed by atoms with van der Waals surface area (Å²) in [5.74, 6) is 2.46. The Morgan fingerprint density at radius 3 is 2.40 bits per heavy atom. The number of hydrogen-bond acceptors (Lipinski definition) is 3. The van der Waals surface area contributed by atoms with Crippen LogP contribution in [0.2, 0.25) is 0 Å². The van der Waals surface area contributed by atoms with Crippen LogP contribution in [-0.4, -0.2) is 16.5 Å². The number of rotatable bonds is 3. The van der Waals surface area contributed by atoms with Crippen LogP contribution in [0.25, 0.3) is 5.57 Å². The normalized spacial score (nSPS) is 15.1. The Hall–Kier alpha value is -1.19. The first-order valence-corrected chi connectivity index (χ1v) is 8.85. The van der Waals surface area contributed by atoms with Crippen LogP contribution < -0.4 is 0 Å². The Kier molecular flexibility index (Phi) is 4.82. The SMILES string of the molecule is c1ccc(CC(=C2SCCCS2)c2ccccn2)cc1. The third-order valence-corrected chi connectivity index (χ3v) is 5.91. The molecular weight excluding hydrogens is 282 g/mol. The van der Waals surface area contributed by atoms with E-state index in [2.05, 4.69) is 47.4 Å². The number of allylic oxidation sites excluding steroid dienone is 1. The predicted molar refractivity (Wildman–Crippen MR) is 90.8 cm³/mol. The smallest absolute Gasteiger partial charge is 0.0681 e. The van der Waals surface area contributed by atoms with Gasteiger partial charge in [-0.3, -0.25) is 4.98 Å². The summed E-state index contributed by atoms with van der Waals surface area (Å²) in [6, 6.07) is 16.9. The zero-order valence-electron chi connectivity index (χ0n) is 11.3. The topological polar surface area (TPSA) is 12.9 Å². The second-order valence-electron chi connectivity index (χ2n) is 4.69. The summed E-state index contributed by atoms with van der Waals surface area (Å²) in [6.07, 6.45) is 4.16. The van der Waals surface area contributed by atoms with Gasteiger partial charge in [0, 0.05) is 22.4 Å². The van der Waals surface area contributed by atoms with Crippen molar-refractivity contribution in [2.75, 3.05) is 11.5 Å². The summed E-state index contributed by atoms with van der Waals surface area (Å²) < 4.78 is 1.46. The van der Waals surface area contributed by atoms with Crippen molar-refractivity contribution in [1.29, 1.82) is 0 Å². The number of benzene rings is 1. The highest BCUT2D eigenvalue weighted by atomic mass is 32.2. The molecule has 0 spiro atoms. The third kappa shape index (κ3) is 3.47. The number of pyridine rings is 1. The minimum Gasteiger partial charge on any atom is -0.257 e. The van der Waals surface area contributed by atoms with Gasteiger partial charge in [0.2, 0.25) is 0 Å². The highest BCUT2D eigenvalue weighted by Gasteiger charge is 2.15. The maximum Gasteiger partial charge on any atom is 0.0681 e. The van der Waals surface area contributed by atoms with Crippen molar-refractivity contribution in [3.05, 3.63) is 70.2 Å². The average Bonchev–Trinajstić information content (AvgIpc) is 2.55. The van der Waals surface area contributed by atoms with E-state index in [-0.39, 0.29) is 0 Å². The van der Waals surface area contributed by atoms with Crippen LogP contribution in [-0.2, 0) is 6.42 Å². The van der Waals surface area contributed by atoms with E-state index in [0.717, 1.165) is 12.1 Å². The maximum atomic E-state index is 4.57. The fourth-order valence-corrected chi connectivity index (χ4v) is 4.88. The van der Waals surface area contributed by atoms with Crippen molar-refractivity contribution in [2.45, 2.75) is 12.8 Å². The molecule has 1 fully saturated rings. The van der Waals surface area contributed by atoms with Crippen molar-refractivity contribution in [3.8, 4) is 0 Å². The number of hydrogen-bond donors (Lipinski definition) is 0. The molecule has 3 rings (SSSR count). The Morgan fingerprint density at radius 1 is 0.950 bits per heavy atom. The lowest BCUT2D eigenvalue weighted by Crippen LogP contribution is -2.00.